The molecule has 0 amide bonds. The highest BCUT2D eigenvalue weighted by Gasteiger charge is 2.05. The van der Waals surface area contributed by atoms with Crippen molar-refractivity contribution >= 4 is 11.4 Å². The third kappa shape index (κ3) is 3.24. The molecule has 0 unspecified atom stereocenters. The molecule has 0 saturated carbocycles. The number of nitrogens with zero attached hydrogens (tertiary/aromatic N) is 3. The van der Waals surface area contributed by atoms with Crippen molar-refractivity contribution in [2.24, 2.45) is 0 Å². The van der Waals surface area contributed by atoms with Crippen LogP contribution >= 0.6 is 0 Å². The van der Waals surface area contributed by atoms with Gasteiger partial charge in [-0.15, -0.1) is 0 Å². The van der Waals surface area contributed by atoms with Gasteiger partial charge in [0.05, 0.1) is 6.54 Å². The summed E-state index contributed by atoms with van der Waals surface area (Å²) >= 11 is 0. The Morgan fingerprint density at radius 2 is 1.79 bits per heavy atom. The van der Waals surface area contributed by atoms with Crippen LogP contribution in [-0.4, -0.2) is 23.4 Å². The number of benzene rings is 1. The van der Waals surface area contributed by atoms with Crippen LogP contribution in [0.4, 0.5) is 11.4 Å². The van der Waals surface area contributed by atoms with E-state index in [1.165, 1.54) is 5.69 Å². The predicted molar refractivity (Wildman–Crippen MR) is 76.4 cm³/mol. The van der Waals surface area contributed by atoms with Crippen LogP contribution in [0.2, 0.25) is 0 Å². The maximum absolute atomic E-state index is 4.67. The first-order chi connectivity index (χ1) is 9.24. The summed E-state index contributed by atoms with van der Waals surface area (Å²) in [4.78, 5) is 2.31. The standard InChI is InChI=1S/C14H20N4O/c1-4-18(5-2)13-8-6-12(7-9-13)15-10-14-11(3)16-19-17-14/h6-9,15H,4-5,10H2,1-3H3. The van der Waals surface area contributed by atoms with E-state index in [0.29, 0.717) is 6.54 Å². The van der Waals surface area contributed by atoms with Crippen LogP contribution in [0.5, 0.6) is 0 Å². The number of hydrogen-bond acceptors (Lipinski definition) is 5. The molecule has 0 atom stereocenters. The van der Waals surface area contributed by atoms with Crippen molar-refractivity contribution in [1.82, 2.24) is 10.3 Å². The quantitative estimate of drug-likeness (QED) is 0.865. The first-order valence-electron chi connectivity index (χ1n) is 6.61. The van der Waals surface area contributed by atoms with Gasteiger partial charge in [-0.3, -0.25) is 0 Å². The van der Waals surface area contributed by atoms with Gasteiger partial charge >= 0.3 is 0 Å². The summed E-state index contributed by atoms with van der Waals surface area (Å²) in [7, 11) is 0. The maximum Gasteiger partial charge on any atom is 0.127 e. The van der Waals surface area contributed by atoms with Crippen LogP contribution in [0, 0.1) is 6.92 Å². The molecule has 2 rings (SSSR count). The van der Waals surface area contributed by atoms with Crippen LogP contribution in [0.15, 0.2) is 28.9 Å². The van der Waals surface area contributed by atoms with Gasteiger partial charge < -0.3 is 10.2 Å². The molecular formula is C14H20N4O. The minimum atomic E-state index is 0.625. The maximum atomic E-state index is 4.67. The van der Waals surface area contributed by atoms with Gasteiger partial charge in [-0.2, -0.15) is 0 Å². The molecule has 0 fully saturated rings. The monoisotopic (exact) mass is 260 g/mol. The molecular weight excluding hydrogens is 240 g/mol. The minimum Gasteiger partial charge on any atom is -0.379 e. The summed E-state index contributed by atoms with van der Waals surface area (Å²) in [6.07, 6.45) is 0. The molecule has 19 heavy (non-hydrogen) atoms. The van der Waals surface area contributed by atoms with E-state index in [4.69, 9.17) is 0 Å². The summed E-state index contributed by atoms with van der Waals surface area (Å²) in [6, 6.07) is 8.42. The molecule has 5 nitrogen and oxygen atoms in total. The Bertz CT molecular complexity index is 502. The fraction of sp³-hybridized carbons (Fsp3) is 0.429. The fourth-order valence-corrected chi connectivity index (χ4v) is 1.97. The lowest BCUT2D eigenvalue weighted by Gasteiger charge is -2.21. The zero-order valence-electron chi connectivity index (χ0n) is 11.7. The highest BCUT2D eigenvalue weighted by molar-refractivity contribution is 5.55. The van der Waals surface area contributed by atoms with Gasteiger partial charge in [0.25, 0.3) is 0 Å². The summed E-state index contributed by atoms with van der Waals surface area (Å²) in [5.41, 5.74) is 3.98. The van der Waals surface area contributed by atoms with Gasteiger partial charge in [0.2, 0.25) is 0 Å². The van der Waals surface area contributed by atoms with Gasteiger partial charge in [-0.05, 0) is 45.0 Å². The van der Waals surface area contributed by atoms with Gasteiger partial charge in [-0.1, -0.05) is 10.3 Å². The number of hydrogen-bond donors (Lipinski definition) is 1. The lowest BCUT2D eigenvalue weighted by Crippen LogP contribution is -2.21. The normalized spacial score (nSPS) is 10.5. The van der Waals surface area contributed by atoms with Gasteiger partial charge in [0.15, 0.2) is 0 Å². The molecule has 0 aliphatic heterocycles. The van der Waals surface area contributed by atoms with E-state index in [9.17, 15) is 0 Å². The van der Waals surface area contributed by atoms with E-state index in [1.807, 2.05) is 6.92 Å². The number of aromatic nitrogens is 2. The number of anilines is 2. The van der Waals surface area contributed by atoms with E-state index in [1.54, 1.807) is 0 Å². The summed E-state index contributed by atoms with van der Waals surface area (Å²) < 4.78 is 4.67. The second-order valence-corrected chi connectivity index (χ2v) is 4.37. The van der Waals surface area contributed by atoms with Crippen molar-refractivity contribution in [1.29, 1.82) is 0 Å². The smallest absolute Gasteiger partial charge is 0.127 e. The summed E-state index contributed by atoms with van der Waals surface area (Å²) in [5, 5.41) is 10.9. The highest BCUT2D eigenvalue weighted by Crippen LogP contribution is 2.18. The second-order valence-electron chi connectivity index (χ2n) is 4.37. The third-order valence-electron chi connectivity index (χ3n) is 3.20. The Morgan fingerprint density at radius 1 is 1.11 bits per heavy atom. The van der Waals surface area contributed by atoms with Gasteiger partial charge in [-0.25, -0.2) is 4.63 Å². The average Bonchev–Trinajstić information content (AvgIpc) is 2.85. The van der Waals surface area contributed by atoms with E-state index in [0.717, 1.165) is 30.2 Å². The van der Waals surface area contributed by atoms with Gasteiger partial charge in [0, 0.05) is 24.5 Å². The molecule has 5 heteroatoms. The SMILES string of the molecule is CCN(CC)c1ccc(NCc2nonc2C)cc1. The number of rotatable bonds is 6. The Morgan fingerprint density at radius 3 is 2.32 bits per heavy atom. The Balaban J connectivity index is 1.97. The average molecular weight is 260 g/mol. The van der Waals surface area contributed by atoms with Crippen LogP contribution in [0.3, 0.4) is 0 Å². The fourth-order valence-electron chi connectivity index (χ4n) is 1.97. The third-order valence-corrected chi connectivity index (χ3v) is 3.20. The van der Waals surface area contributed by atoms with E-state index >= 15 is 0 Å². The predicted octanol–water partition coefficient (Wildman–Crippen LogP) is 2.84. The second kappa shape index (κ2) is 6.22. The summed E-state index contributed by atoms with van der Waals surface area (Å²) in [6.45, 7) is 8.88. The topological polar surface area (TPSA) is 54.2 Å². The lowest BCUT2D eigenvalue weighted by atomic mass is 10.2. The van der Waals surface area contributed by atoms with Crippen molar-refractivity contribution in [3.05, 3.63) is 35.7 Å². The van der Waals surface area contributed by atoms with Crippen LogP contribution in [0.25, 0.3) is 0 Å². The Kier molecular flexibility index (Phi) is 4.39. The number of nitrogens with one attached hydrogen (secondary N) is 1. The van der Waals surface area contributed by atoms with Crippen LogP contribution in [-0.2, 0) is 6.54 Å². The molecule has 0 aliphatic rings. The highest BCUT2D eigenvalue weighted by atomic mass is 16.6. The van der Waals surface area contributed by atoms with Crippen molar-refractivity contribution in [3.8, 4) is 0 Å². The molecule has 1 heterocycles. The molecule has 1 aromatic carbocycles. The molecule has 1 aromatic heterocycles. The first-order valence-corrected chi connectivity index (χ1v) is 6.61. The molecule has 0 spiro atoms. The Hall–Kier alpha value is -2.04. The van der Waals surface area contributed by atoms with Crippen molar-refractivity contribution in [3.63, 3.8) is 0 Å². The Labute approximate surface area is 113 Å². The first kappa shape index (κ1) is 13.4. The minimum absolute atomic E-state index is 0.625. The zero-order chi connectivity index (χ0) is 13.7. The molecule has 0 aliphatic carbocycles. The molecule has 0 radical (unpaired) electrons. The lowest BCUT2D eigenvalue weighted by molar-refractivity contribution is 0.301. The van der Waals surface area contributed by atoms with E-state index < -0.39 is 0 Å². The molecule has 0 saturated heterocycles. The largest absolute Gasteiger partial charge is 0.379 e. The molecule has 1 N–H and O–H groups in total. The van der Waals surface area contributed by atoms with Crippen molar-refractivity contribution in [2.45, 2.75) is 27.3 Å². The van der Waals surface area contributed by atoms with Crippen molar-refractivity contribution < 1.29 is 4.63 Å². The van der Waals surface area contributed by atoms with Crippen LogP contribution < -0.4 is 10.2 Å². The number of aryl methyl sites for hydroxylation is 1. The molecule has 0 bridgehead atoms. The van der Waals surface area contributed by atoms with Crippen LogP contribution in [0.1, 0.15) is 25.2 Å². The van der Waals surface area contributed by atoms with E-state index in [-0.39, 0.29) is 0 Å². The van der Waals surface area contributed by atoms with Crippen molar-refractivity contribution in [2.75, 3.05) is 23.3 Å². The molecule has 102 valence electrons. The molecule has 2 aromatic rings. The zero-order valence-corrected chi connectivity index (χ0v) is 11.7. The van der Waals surface area contributed by atoms with E-state index in [2.05, 4.69) is 63.3 Å². The van der Waals surface area contributed by atoms with Gasteiger partial charge in [0.1, 0.15) is 11.4 Å². The summed E-state index contributed by atoms with van der Waals surface area (Å²) in [5.74, 6) is 0.